The Hall–Kier alpha value is -1.15. The van der Waals surface area contributed by atoms with Gasteiger partial charge in [0, 0.05) is 13.0 Å². The normalized spacial score (nSPS) is 21.0. The predicted molar refractivity (Wildman–Crippen MR) is 74.4 cm³/mol. The van der Waals surface area contributed by atoms with Gasteiger partial charge in [-0.3, -0.25) is 9.69 Å². The first-order chi connectivity index (χ1) is 8.81. The number of nitrogens with zero attached hydrogens (tertiary/aromatic N) is 1. The minimum absolute atomic E-state index is 0.151. The van der Waals surface area contributed by atoms with E-state index < -0.39 is 0 Å². The summed E-state index contributed by atoms with van der Waals surface area (Å²) in [5.41, 5.74) is 1.30. The Labute approximate surface area is 110 Å². The van der Waals surface area contributed by atoms with Crippen molar-refractivity contribution < 1.29 is 4.79 Å². The molecule has 1 aromatic carbocycles. The summed E-state index contributed by atoms with van der Waals surface area (Å²) >= 11 is 0. The first-order valence-corrected chi connectivity index (χ1v) is 7.12. The zero-order valence-electron chi connectivity index (χ0n) is 11.3. The minimum Gasteiger partial charge on any atom is -0.298 e. The van der Waals surface area contributed by atoms with E-state index >= 15 is 0 Å². The quantitative estimate of drug-likeness (QED) is 0.758. The fraction of sp³-hybridized carbons (Fsp3) is 0.562. The molecule has 1 unspecified atom stereocenters. The average molecular weight is 245 g/mol. The number of Topliss-reactive ketones (excluding diaryl/α,β-unsaturated/α-hetero) is 1. The van der Waals surface area contributed by atoms with Crippen molar-refractivity contribution in [2.45, 2.75) is 51.6 Å². The van der Waals surface area contributed by atoms with Crippen LogP contribution in [-0.2, 0) is 11.3 Å². The highest BCUT2D eigenvalue weighted by atomic mass is 16.1. The summed E-state index contributed by atoms with van der Waals surface area (Å²) in [6.45, 7) is 4.00. The molecule has 1 aromatic rings. The van der Waals surface area contributed by atoms with Crippen molar-refractivity contribution >= 4 is 5.78 Å². The Morgan fingerprint density at radius 3 is 2.67 bits per heavy atom. The molecule has 0 aliphatic heterocycles. The van der Waals surface area contributed by atoms with Crippen molar-refractivity contribution in [2.75, 3.05) is 6.54 Å². The van der Waals surface area contributed by atoms with E-state index in [1.807, 2.05) is 6.07 Å². The lowest BCUT2D eigenvalue weighted by atomic mass is 10.0. The van der Waals surface area contributed by atoms with Gasteiger partial charge in [0.1, 0.15) is 5.78 Å². The molecule has 0 N–H and O–H groups in total. The van der Waals surface area contributed by atoms with Crippen molar-refractivity contribution in [2.24, 2.45) is 0 Å². The topological polar surface area (TPSA) is 20.3 Å². The third-order valence-corrected chi connectivity index (χ3v) is 3.85. The molecule has 2 rings (SSSR count). The largest absolute Gasteiger partial charge is 0.298 e. The molecule has 1 aliphatic rings. The van der Waals surface area contributed by atoms with E-state index in [-0.39, 0.29) is 6.04 Å². The van der Waals surface area contributed by atoms with Gasteiger partial charge in [0.25, 0.3) is 0 Å². The van der Waals surface area contributed by atoms with Gasteiger partial charge in [0.05, 0.1) is 6.04 Å². The number of carbonyl (C=O) groups excluding carboxylic acids is 1. The van der Waals surface area contributed by atoms with E-state index in [1.165, 1.54) is 18.4 Å². The number of ketones is 1. The van der Waals surface area contributed by atoms with Gasteiger partial charge in [-0.1, -0.05) is 50.1 Å². The standard InChI is InChI=1S/C16H23NO/c1-2-17(13-14-9-5-3-6-10-14)15-11-7-4-8-12-16(15)18/h3,5-6,9-10,15H,2,4,7-8,11-13H2,1H3. The lowest BCUT2D eigenvalue weighted by Crippen LogP contribution is -2.40. The number of likely N-dealkylation sites (N-methyl/N-ethyl adjacent to an activating group) is 1. The Bertz CT molecular complexity index is 374. The SMILES string of the molecule is CCN(Cc1ccccc1)C1CCCCCC1=O. The van der Waals surface area contributed by atoms with Crippen LogP contribution in [-0.4, -0.2) is 23.3 Å². The van der Waals surface area contributed by atoms with Crippen molar-refractivity contribution in [3.8, 4) is 0 Å². The van der Waals surface area contributed by atoms with Crippen molar-refractivity contribution in [1.82, 2.24) is 4.90 Å². The Kier molecular flexibility index (Phi) is 4.94. The molecule has 0 spiro atoms. The van der Waals surface area contributed by atoms with E-state index in [9.17, 15) is 4.79 Å². The lowest BCUT2D eigenvalue weighted by Gasteiger charge is -2.28. The summed E-state index contributed by atoms with van der Waals surface area (Å²) in [6.07, 6.45) is 5.31. The van der Waals surface area contributed by atoms with Crippen LogP contribution in [0.1, 0.15) is 44.6 Å². The van der Waals surface area contributed by atoms with Crippen molar-refractivity contribution in [3.05, 3.63) is 35.9 Å². The number of rotatable bonds is 4. The molecule has 18 heavy (non-hydrogen) atoms. The van der Waals surface area contributed by atoms with Crippen molar-refractivity contribution in [1.29, 1.82) is 0 Å². The minimum atomic E-state index is 0.151. The van der Waals surface area contributed by atoms with Gasteiger partial charge in [0.2, 0.25) is 0 Å². The highest BCUT2D eigenvalue weighted by molar-refractivity contribution is 5.84. The molecule has 0 aromatic heterocycles. The summed E-state index contributed by atoms with van der Waals surface area (Å²) < 4.78 is 0. The molecule has 0 heterocycles. The third-order valence-electron chi connectivity index (χ3n) is 3.85. The number of hydrogen-bond donors (Lipinski definition) is 0. The zero-order valence-corrected chi connectivity index (χ0v) is 11.3. The Morgan fingerprint density at radius 2 is 1.94 bits per heavy atom. The molecule has 0 bridgehead atoms. The molecule has 0 saturated heterocycles. The van der Waals surface area contributed by atoms with E-state index in [1.54, 1.807) is 0 Å². The second-order valence-electron chi connectivity index (χ2n) is 5.13. The summed E-state index contributed by atoms with van der Waals surface area (Å²) in [7, 11) is 0. The summed E-state index contributed by atoms with van der Waals surface area (Å²) in [4.78, 5) is 14.5. The maximum atomic E-state index is 12.2. The second-order valence-corrected chi connectivity index (χ2v) is 5.13. The van der Waals surface area contributed by atoms with Gasteiger partial charge in [-0.05, 0) is 24.9 Å². The van der Waals surface area contributed by atoms with Crippen LogP contribution in [0.5, 0.6) is 0 Å². The van der Waals surface area contributed by atoms with E-state index in [4.69, 9.17) is 0 Å². The maximum Gasteiger partial charge on any atom is 0.149 e. The Balaban J connectivity index is 2.05. The molecule has 1 atom stereocenters. The van der Waals surface area contributed by atoms with Crippen LogP contribution in [0.25, 0.3) is 0 Å². The fourth-order valence-corrected chi connectivity index (χ4v) is 2.79. The van der Waals surface area contributed by atoms with Gasteiger partial charge < -0.3 is 0 Å². The molecule has 98 valence electrons. The summed E-state index contributed by atoms with van der Waals surface area (Å²) in [6, 6.07) is 10.6. The van der Waals surface area contributed by atoms with Crippen LogP contribution in [0, 0.1) is 0 Å². The average Bonchev–Trinajstić information content (AvgIpc) is 2.62. The van der Waals surface area contributed by atoms with Gasteiger partial charge in [-0.25, -0.2) is 0 Å². The van der Waals surface area contributed by atoms with Gasteiger partial charge in [-0.15, -0.1) is 0 Å². The maximum absolute atomic E-state index is 12.2. The van der Waals surface area contributed by atoms with Gasteiger partial charge >= 0.3 is 0 Å². The molecule has 1 aliphatic carbocycles. The van der Waals surface area contributed by atoms with Crippen LogP contribution in [0.2, 0.25) is 0 Å². The van der Waals surface area contributed by atoms with Crippen LogP contribution in [0.15, 0.2) is 30.3 Å². The van der Waals surface area contributed by atoms with Gasteiger partial charge in [0.15, 0.2) is 0 Å². The summed E-state index contributed by atoms with van der Waals surface area (Å²) in [5.74, 6) is 0.449. The number of benzene rings is 1. The molecule has 0 radical (unpaired) electrons. The monoisotopic (exact) mass is 245 g/mol. The zero-order chi connectivity index (χ0) is 12.8. The van der Waals surface area contributed by atoms with Crippen molar-refractivity contribution in [3.63, 3.8) is 0 Å². The fourth-order valence-electron chi connectivity index (χ4n) is 2.79. The first kappa shape index (κ1) is 13.3. The molecule has 2 nitrogen and oxygen atoms in total. The third kappa shape index (κ3) is 3.42. The van der Waals surface area contributed by atoms with E-state index in [0.717, 1.165) is 32.4 Å². The van der Waals surface area contributed by atoms with Crippen LogP contribution in [0.3, 0.4) is 0 Å². The highest BCUT2D eigenvalue weighted by Gasteiger charge is 2.25. The van der Waals surface area contributed by atoms with E-state index in [0.29, 0.717) is 5.78 Å². The van der Waals surface area contributed by atoms with Gasteiger partial charge in [-0.2, -0.15) is 0 Å². The number of hydrogen-bond acceptors (Lipinski definition) is 2. The van der Waals surface area contributed by atoms with Crippen LogP contribution < -0.4 is 0 Å². The smallest absolute Gasteiger partial charge is 0.149 e. The molecule has 1 saturated carbocycles. The Morgan fingerprint density at radius 1 is 1.17 bits per heavy atom. The molecule has 2 heteroatoms. The van der Waals surface area contributed by atoms with E-state index in [2.05, 4.69) is 36.1 Å². The van der Waals surface area contributed by atoms with Crippen LogP contribution in [0.4, 0.5) is 0 Å². The molecular weight excluding hydrogens is 222 g/mol. The predicted octanol–water partition coefficient (Wildman–Crippen LogP) is 3.41. The summed E-state index contributed by atoms with van der Waals surface area (Å²) in [5, 5.41) is 0. The van der Waals surface area contributed by atoms with Crippen LogP contribution >= 0.6 is 0 Å². The number of carbonyl (C=O) groups is 1. The molecule has 1 fully saturated rings. The highest BCUT2D eigenvalue weighted by Crippen LogP contribution is 2.20. The first-order valence-electron chi connectivity index (χ1n) is 7.12. The lowest BCUT2D eigenvalue weighted by molar-refractivity contribution is -0.124. The second kappa shape index (κ2) is 6.69. The molecular formula is C16H23NO. The molecule has 0 amide bonds.